The SMILES string of the molecule is Cc1nc(-c2ccc(S(=O)(=O)N3CCNC(C)C3)cc2)co1. The molecule has 3 rings (SSSR count). The molecule has 0 bridgehead atoms. The van der Waals surface area contributed by atoms with Crippen LogP contribution >= 0.6 is 0 Å². The lowest BCUT2D eigenvalue weighted by atomic mass is 10.2. The molecule has 1 fully saturated rings. The normalized spacial score (nSPS) is 20.2. The zero-order valence-electron chi connectivity index (χ0n) is 12.6. The van der Waals surface area contributed by atoms with Crippen LogP contribution in [0.15, 0.2) is 39.8 Å². The van der Waals surface area contributed by atoms with Gasteiger partial charge in [0.25, 0.3) is 0 Å². The Morgan fingerprint density at radius 1 is 1.32 bits per heavy atom. The maximum atomic E-state index is 12.6. The number of oxazole rings is 1. The van der Waals surface area contributed by atoms with Gasteiger partial charge in [-0.15, -0.1) is 0 Å². The van der Waals surface area contributed by atoms with Crippen molar-refractivity contribution >= 4 is 10.0 Å². The van der Waals surface area contributed by atoms with Crippen LogP contribution in [0, 0.1) is 6.92 Å². The number of aryl methyl sites for hydroxylation is 1. The van der Waals surface area contributed by atoms with Gasteiger partial charge in [0.2, 0.25) is 10.0 Å². The molecule has 0 aliphatic carbocycles. The standard InChI is InChI=1S/C15H19N3O3S/c1-11-9-18(8-7-16-11)22(19,20)14-5-3-13(4-6-14)15-10-21-12(2)17-15/h3-6,10-11,16H,7-9H2,1-2H3. The van der Waals surface area contributed by atoms with Crippen LogP contribution in [0.4, 0.5) is 0 Å². The average Bonchev–Trinajstić information content (AvgIpc) is 2.94. The van der Waals surface area contributed by atoms with Crippen molar-refractivity contribution < 1.29 is 12.8 Å². The number of hydrogen-bond donors (Lipinski definition) is 1. The number of hydrogen-bond acceptors (Lipinski definition) is 5. The van der Waals surface area contributed by atoms with Crippen LogP contribution in [0.25, 0.3) is 11.3 Å². The van der Waals surface area contributed by atoms with Gasteiger partial charge in [0.05, 0.1) is 4.90 Å². The maximum Gasteiger partial charge on any atom is 0.243 e. The first-order valence-electron chi connectivity index (χ1n) is 7.23. The van der Waals surface area contributed by atoms with Crippen molar-refractivity contribution in [1.29, 1.82) is 0 Å². The van der Waals surface area contributed by atoms with E-state index in [1.165, 1.54) is 4.31 Å². The van der Waals surface area contributed by atoms with Crippen molar-refractivity contribution in [3.63, 3.8) is 0 Å². The van der Waals surface area contributed by atoms with Crippen molar-refractivity contribution in [2.24, 2.45) is 0 Å². The molecule has 1 saturated heterocycles. The van der Waals surface area contributed by atoms with Gasteiger partial charge in [-0.2, -0.15) is 4.31 Å². The van der Waals surface area contributed by atoms with Gasteiger partial charge in [0.15, 0.2) is 5.89 Å². The topological polar surface area (TPSA) is 75.4 Å². The molecule has 118 valence electrons. The minimum atomic E-state index is -3.44. The molecular formula is C15H19N3O3S. The van der Waals surface area contributed by atoms with Gasteiger partial charge >= 0.3 is 0 Å². The predicted molar refractivity (Wildman–Crippen MR) is 82.9 cm³/mol. The van der Waals surface area contributed by atoms with Gasteiger partial charge in [-0.3, -0.25) is 0 Å². The molecule has 0 amide bonds. The van der Waals surface area contributed by atoms with E-state index in [2.05, 4.69) is 10.3 Å². The van der Waals surface area contributed by atoms with Crippen molar-refractivity contribution in [3.8, 4) is 11.3 Å². The van der Waals surface area contributed by atoms with Crippen LogP contribution in [0.3, 0.4) is 0 Å². The molecule has 7 heteroatoms. The Hall–Kier alpha value is -1.70. The van der Waals surface area contributed by atoms with Gasteiger partial charge in [0, 0.05) is 38.2 Å². The zero-order valence-corrected chi connectivity index (χ0v) is 13.4. The molecule has 2 heterocycles. The summed E-state index contributed by atoms with van der Waals surface area (Å²) in [5, 5.41) is 3.24. The van der Waals surface area contributed by atoms with Crippen LogP contribution in [-0.2, 0) is 10.0 Å². The summed E-state index contributed by atoms with van der Waals surface area (Å²) in [5.74, 6) is 0.585. The summed E-state index contributed by atoms with van der Waals surface area (Å²) in [4.78, 5) is 4.55. The summed E-state index contributed by atoms with van der Waals surface area (Å²) in [6.45, 7) is 5.42. The van der Waals surface area contributed by atoms with Crippen LogP contribution in [0.1, 0.15) is 12.8 Å². The Morgan fingerprint density at radius 3 is 2.64 bits per heavy atom. The molecule has 1 aliphatic heterocycles. The first-order chi connectivity index (χ1) is 10.5. The smallest absolute Gasteiger partial charge is 0.243 e. The van der Waals surface area contributed by atoms with Crippen molar-refractivity contribution in [2.75, 3.05) is 19.6 Å². The average molecular weight is 321 g/mol. The molecule has 0 radical (unpaired) electrons. The van der Waals surface area contributed by atoms with E-state index >= 15 is 0 Å². The van der Waals surface area contributed by atoms with Crippen molar-refractivity contribution in [1.82, 2.24) is 14.6 Å². The Morgan fingerprint density at radius 2 is 2.05 bits per heavy atom. The summed E-state index contributed by atoms with van der Waals surface area (Å²) in [6, 6.07) is 6.94. The van der Waals surface area contributed by atoms with Crippen LogP contribution in [0.2, 0.25) is 0 Å². The van der Waals surface area contributed by atoms with E-state index in [0.29, 0.717) is 36.1 Å². The molecule has 1 atom stereocenters. The number of nitrogens with one attached hydrogen (secondary N) is 1. The minimum absolute atomic E-state index is 0.168. The Balaban J connectivity index is 1.85. The number of aromatic nitrogens is 1. The number of rotatable bonds is 3. The van der Waals surface area contributed by atoms with E-state index in [0.717, 1.165) is 5.56 Å². The third kappa shape index (κ3) is 2.92. The highest BCUT2D eigenvalue weighted by Crippen LogP contribution is 2.23. The fraction of sp³-hybridized carbons (Fsp3) is 0.400. The van der Waals surface area contributed by atoms with E-state index in [-0.39, 0.29) is 6.04 Å². The Labute approximate surface area is 130 Å². The predicted octanol–water partition coefficient (Wildman–Crippen LogP) is 1.63. The minimum Gasteiger partial charge on any atom is -0.449 e. The number of sulfonamides is 1. The molecule has 22 heavy (non-hydrogen) atoms. The van der Waals surface area contributed by atoms with E-state index in [4.69, 9.17) is 4.42 Å². The lowest BCUT2D eigenvalue weighted by Gasteiger charge is -2.31. The molecule has 1 aromatic carbocycles. The van der Waals surface area contributed by atoms with E-state index < -0.39 is 10.0 Å². The van der Waals surface area contributed by atoms with Gasteiger partial charge in [0.1, 0.15) is 12.0 Å². The molecular weight excluding hydrogens is 302 g/mol. The molecule has 1 aromatic heterocycles. The Kier molecular flexibility index (Phi) is 4.03. The van der Waals surface area contributed by atoms with Gasteiger partial charge < -0.3 is 9.73 Å². The first-order valence-corrected chi connectivity index (χ1v) is 8.67. The number of nitrogens with zero attached hydrogens (tertiary/aromatic N) is 2. The second kappa shape index (κ2) is 5.83. The lowest BCUT2D eigenvalue weighted by Crippen LogP contribution is -2.51. The summed E-state index contributed by atoms with van der Waals surface area (Å²) >= 11 is 0. The van der Waals surface area contributed by atoms with Crippen molar-refractivity contribution in [3.05, 3.63) is 36.4 Å². The van der Waals surface area contributed by atoms with Crippen LogP contribution in [-0.4, -0.2) is 43.4 Å². The van der Waals surface area contributed by atoms with E-state index in [9.17, 15) is 8.42 Å². The third-order valence-corrected chi connectivity index (χ3v) is 5.62. The monoisotopic (exact) mass is 321 g/mol. The highest BCUT2D eigenvalue weighted by atomic mass is 32.2. The lowest BCUT2D eigenvalue weighted by molar-refractivity contribution is 0.310. The third-order valence-electron chi connectivity index (χ3n) is 3.74. The van der Waals surface area contributed by atoms with E-state index in [1.54, 1.807) is 37.5 Å². The van der Waals surface area contributed by atoms with Gasteiger partial charge in [-0.25, -0.2) is 13.4 Å². The summed E-state index contributed by atoms with van der Waals surface area (Å²) in [5.41, 5.74) is 1.54. The van der Waals surface area contributed by atoms with Gasteiger partial charge in [-0.05, 0) is 19.1 Å². The highest BCUT2D eigenvalue weighted by Gasteiger charge is 2.28. The first kappa shape index (κ1) is 15.2. The fourth-order valence-corrected chi connectivity index (χ4v) is 4.09. The zero-order chi connectivity index (χ0) is 15.7. The summed E-state index contributed by atoms with van der Waals surface area (Å²) in [7, 11) is -3.44. The molecule has 0 spiro atoms. The number of piperazine rings is 1. The fourth-order valence-electron chi connectivity index (χ4n) is 2.56. The second-order valence-corrected chi connectivity index (χ2v) is 7.43. The van der Waals surface area contributed by atoms with Crippen LogP contribution in [0.5, 0.6) is 0 Å². The summed E-state index contributed by atoms with van der Waals surface area (Å²) < 4.78 is 32.0. The molecule has 1 unspecified atom stereocenters. The quantitative estimate of drug-likeness (QED) is 0.930. The molecule has 1 N–H and O–H groups in total. The molecule has 6 nitrogen and oxygen atoms in total. The number of benzene rings is 1. The summed E-state index contributed by atoms with van der Waals surface area (Å²) in [6.07, 6.45) is 1.57. The van der Waals surface area contributed by atoms with Crippen LogP contribution < -0.4 is 5.32 Å². The highest BCUT2D eigenvalue weighted by molar-refractivity contribution is 7.89. The Bertz CT molecular complexity index is 753. The van der Waals surface area contributed by atoms with E-state index in [1.807, 2.05) is 6.92 Å². The maximum absolute atomic E-state index is 12.6. The molecule has 2 aromatic rings. The molecule has 1 aliphatic rings. The van der Waals surface area contributed by atoms with Gasteiger partial charge in [-0.1, -0.05) is 12.1 Å². The van der Waals surface area contributed by atoms with Crippen molar-refractivity contribution in [2.45, 2.75) is 24.8 Å². The second-order valence-electron chi connectivity index (χ2n) is 5.49. The largest absolute Gasteiger partial charge is 0.449 e. The molecule has 0 saturated carbocycles.